The third-order valence-corrected chi connectivity index (χ3v) is 16.6. The molecule has 1 aliphatic rings. The summed E-state index contributed by atoms with van der Waals surface area (Å²) in [5, 5.41) is 14.1. The number of benzene rings is 13. The summed E-state index contributed by atoms with van der Waals surface area (Å²) in [6.45, 7) is 4.76. The molecule has 1 aliphatic carbocycles. The van der Waals surface area contributed by atoms with Gasteiger partial charge in [-0.3, -0.25) is 0 Å². The lowest BCUT2D eigenvalue weighted by molar-refractivity contribution is 0.660. The first-order valence-corrected chi connectivity index (χ1v) is 26.3. The van der Waals surface area contributed by atoms with Crippen LogP contribution in [0, 0.1) is 0 Å². The highest BCUT2D eigenvalue weighted by Gasteiger charge is 2.36. The van der Waals surface area contributed by atoms with Crippen LogP contribution >= 0.6 is 0 Å². The summed E-state index contributed by atoms with van der Waals surface area (Å²) >= 11 is 0. The van der Waals surface area contributed by atoms with E-state index in [2.05, 4.69) is 267 Å². The van der Waals surface area contributed by atoms with Crippen molar-refractivity contribution >= 4 is 104 Å². The highest BCUT2D eigenvalue weighted by atomic mass is 16.3. The Morgan fingerprint density at radius 2 is 0.724 bits per heavy atom. The van der Waals surface area contributed by atoms with Crippen LogP contribution in [-0.4, -0.2) is 0 Å². The molecule has 3 heteroatoms. The first kappa shape index (κ1) is 42.8. The Morgan fingerprint density at radius 3 is 1.26 bits per heavy atom. The van der Waals surface area contributed by atoms with Crippen molar-refractivity contribution < 1.29 is 8.83 Å². The molecule has 2 heterocycles. The van der Waals surface area contributed by atoms with Crippen LogP contribution in [0.2, 0.25) is 0 Å². The minimum atomic E-state index is -0.259. The fourth-order valence-corrected chi connectivity index (χ4v) is 13.0. The molecule has 0 aliphatic heterocycles. The van der Waals surface area contributed by atoms with Crippen molar-refractivity contribution in [1.82, 2.24) is 0 Å². The van der Waals surface area contributed by atoms with Crippen LogP contribution in [0.3, 0.4) is 0 Å². The first-order valence-electron chi connectivity index (χ1n) is 26.3. The maximum absolute atomic E-state index is 7.02. The van der Waals surface area contributed by atoms with Gasteiger partial charge in [-0.1, -0.05) is 196 Å². The molecule has 0 atom stereocenters. The lowest BCUT2D eigenvalue weighted by atomic mass is 9.81. The van der Waals surface area contributed by atoms with E-state index < -0.39 is 0 Å². The smallest absolute Gasteiger partial charge is 0.143 e. The molecule has 16 rings (SSSR count). The molecule has 0 fully saturated rings. The average molecular weight is 970 g/mol. The van der Waals surface area contributed by atoms with Gasteiger partial charge in [-0.2, -0.15) is 0 Å². The van der Waals surface area contributed by atoms with Gasteiger partial charge in [-0.25, -0.2) is 0 Å². The molecule has 0 bridgehead atoms. The monoisotopic (exact) mass is 969 g/mol. The fourth-order valence-electron chi connectivity index (χ4n) is 13.0. The van der Waals surface area contributed by atoms with Gasteiger partial charge in [0.1, 0.15) is 22.3 Å². The summed E-state index contributed by atoms with van der Waals surface area (Å²) in [7, 11) is 0. The van der Waals surface area contributed by atoms with Crippen LogP contribution in [0.4, 0.5) is 17.1 Å². The topological polar surface area (TPSA) is 29.5 Å². The maximum Gasteiger partial charge on any atom is 0.143 e. The average Bonchev–Trinajstić information content (AvgIpc) is 4.23. The molecule has 0 saturated heterocycles. The lowest BCUT2D eigenvalue weighted by Gasteiger charge is -2.29. The van der Waals surface area contributed by atoms with Gasteiger partial charge >= 0.3 is 0 Å². The quantitative estimate of drug-likeness (QED) is 0.166. The Bertz CT molecular complexity index is 4680. The van der Waals surface area contributed by atoms with Gasteiger partial charge in [0.05, 0.1) is 0 Å². The highest BCUT2D eigenvalue weighted by molar-refractivity contribution is 6.30. The van der Waals surface area contributed by atoms with Crippen molar-refractivity contribution in [2.75, 3.05) is 4.90 Å². The SMILES string of the molecule is CC1(C)c2cc(-c3ccccc3)ccc2-c2ccc(N(c3cccc(-c4cc5ccccc5c5c4oc4ccc6ccccc6c45)c3)c3cccc(-c4cc5ccccc5c5c4oc4ccc6ccccc6c45)c3)cc21. The summed E-state index contributed by atoms with van der Waals surface area (Å²) in [5.41, 5.74) is 18.4. The van der Waals surface area contributed by atoms with Crippen LogP contribution < -0.4 is 4.90 Å². The Morgan fingerprint density at radius 1 is 0.289 bits per heavy atom. The Balaban J connectivity index is 0.915. The Labute approximate surface area is 439 Å². The number of hydrogen-bond acceptors (Lipinski definition) is 3. The van der Waals surface area contributed by atoms with Crippen molar-refractivity contribution in [2.45, 2.75) is 19.3 Å². The zero-order chi connectivity index (χ0) is 50.2. The summed E-state index contributed by atoms with van der Waals surface area (Å²) in [5.74, 6) is 0. The third-order valence-electron chi connectivity index (χ3n) is 16.6. The molecule has 0 radical (unpaired) electrons. The van der Waals surface area contributed by atoms with E-state index in [1.165, 1.54) is 76.5 Å². The summed E-state index contributed by atoms with van der Waals surface area (Å²) in [6, 6.07) is 90.9. The summed E-state index contributed by atoms with van der Waals surface area (Å²) < 4.78 is 14.0. The number of fused-ring (bicyclic) bond motifs is 17. The van der Waals surface area contributed by atoms with E-state index in [1.54, 1.807) is 0 Å². The molecule has 2 aromatic heterocycles. The molecule has 356 valence electrons. The number of hydrogen-bond donors (Lipinski definition) is 0. The second kappa shape index (κ2) is 16.1. The van der Waals surface area contributed by atoms with Gasteiger partial charge < -0.3 is 13.7 Å². The summed E-state index contributed by atoms with van der Waals surface area (Å²) in [6.07, 6.45) is 0. The number of rotatable bonds is 6. The van der Waals surface area contributed by atoms with E-state index in [0.717, 1.165) is 83.2 Å². The molecular weight excluding hydrogens is 923 g/mol. The molecule has 0 amide bonds. The number of nitrogens with zero attached hydrogens (tertiary/aromatic N) is 1. The molecule has 76 heavy (non-hydrogen) atoms. The van der Waals surface area contributed by atoms with Gasteiger partial charge in [0.2, 0.25) is 0 Å². The fraction of sp³-hybridized carbons (Fsp3) is 0.0411. The van der Waals surface area contributed by atoms with E-state index in [9.17, 15) is 0 Å². The predicted octanol–water partition coefficient (Wildman–Crippen LogP) is 20.9. The van der Waals surface area contributed by atoms with Crippen molar-refractivity contribution in [2.24, 2.45) is 0 Å². The standard InChI is InChI=1S/C73H47NO2/c1-73(2)63-42-47(44-16-4-3-5-17-44)30-34-59(63)60-35-33-54(43-64(60)73)74(52-24-14-22-48(38-52)61-40-50-20-8-12-28-57(50)69-67-55-26-10-6-18-45(55)31-36-65(67)75-71(61)69)53-25-15-23-49(39-53)62-41-51-21-9-13-29-58(51)70-68-56-27-11-7-19-46(56)32-37-66(68)76-72(62)70/h3-43H,1-2H3. The lowest BCUT2D eigenvalue weighted by Crippen LogP contribution is -2.16. The van der Waals surface area contributed by atoms with Crippen molar-refractivity contribution in [3.8, 4) is 44.5 Å². The van der Waals surface area contributed by atoms with Crippen molar-refractivity contribution in [1.29, 1.82) is 0 Å². The molecular formula is C73H47NO2. The molecule has 0 N–H and O–H groups in total. The van der Waals surface area contributed by atoms with Crippen molar-refractivity contribution in [3.05, 3.63) is 260 Å². The number of furan rings is 2. The van der Waals surface area contributed by atoms with E-state index >= 15 is 0 Å². The molecule has 0 unspecified atom stereocenters. The second-order valence-corrected chi connectivity index (χ2v) is 21.1. The van der Waals surface area contributed by atoms with Gasteiger partial charge in [-0.15, -0.1) is 0 Å². The van der Waals surface area contributed by atoms with Gasteiger partial charge in [0, 0.05) is 55.1 Å². The van der Waals surface area contributed by atoms with Crippen molar-refractivity contribution in [3.63, 3.8) is 0 Å². The van der Waals surface area contributed by atoms with E-state index in [-0.39, 0.29) is 5.41 Å². The van der Waals surface area contributed by atoms with Crippen LogP contribution in [-0.2, 0) is 5.41 Å². The van der Waals surface area contributed by atoms with Crippen LogP contribution in [0.1, 0.15) is 25.0 Å². The van der Waals surface area contributed by atoms with Gasteiger partial charge in [0.15, 0.2) is 0 Å². The minimum absolute atomic E-state index is 0.259. The Kier molecular flexibility index (Phi) is 9.09. The van der Waals surface area contributed by atoms with E-state index in [4.69, 9.17) is 8.83 Å². The summed E-state index contributed by atoms with van der Waals surface area (Å²) in [4.78, 5) is 2.44. The Hall–Kier alpha value is -9.70. The molecule has 13 aromatic carbocycles. The maximum atomic E-state index is 7.02. The van der Waals surface area contributed by atoms with Crippen LogP contribution in [0.5, 0.6) is 0 Å². The van der Waals surface area contributed by atoms with Crippen LogP contribution in [0.25, 0.3) is 131 Å². The molecule has 3 nitrogen and oxygen atoms in total. The third kappa shape index (κ3) is 6.30. The normalized spacial score (nSPS) is 13.0. The minimum Gasteiger partial charge on any atom is -0.455 e. The molecule has 15 aromatic rings. The predicted molar refractivity (Wildman–Crippen MR) is 320 cm³/mol. The zero-order valence-electron chi connectivity index (χ0n) is 41.9. The van der Waals surface area contributed by atoms with E-state index in [0.29, 0.717) is 0 Å². The number of anilines is 3. The zero-order valence-corrected chi connectivity index (χ0v) is 41.9. The second-order valence-electron chi connectivity index (χ2n) is 21.1. The largest absolute Gasteiger partial charge is 0.455 e. The van der Waals surface area contributed by atoms with Gasteiger partial charge in [-0.05, 0) is 154 Å². The van der Waals surface area contributed by atoms with Crippen LogP contribution in [0.15, 0.2) is 258 Å². The first-order chi connectivity index (χ1) is 37.4. The molecule has 0 saturated carbocycles. The highest BCUT2D eigenvalue weighted by Crippen LogP contribution is 2.53. The molecule has 0 spiro atoms. The van der Waals surface area contributed by atoms with Gasteiger partial charge in [0.25, 0.3) is 0 Å². The van der Waals surface area contributed by atoms with E-state index in [1.807, 2.05) is 0 Å².